The fourth-order valence-corrected chi connectivity index (χ4v) is 4.59. The van der Waals surface area contributed by atoms with Gasteiger partial charge in [0.1, 0.15) is 0 Å². The van der Waals surface area contributed by atoms with Crippen molar-refractivity contribution in [3.8, 4) is 0 Å². The average molecular weight is 295 g/mol. The molecule has 6 heteroatoms. The summed E-state index contributed by atoms with van der Waals surface area (Å²) in [7, 11) is -3.32. The predicted molar refractivity (Wildman–Crippen MR) is 79.4 cm³/mol. The number of anilines is 1. The second-order valence-electron chi connectivity index (χ2n) is 5.43. The SMILES string of the molecule is NCCN1CCc2ccc(S(=O)(=O)N3CCCC3)cc21. The van der Waals surface area contributed by atoms with Crippen LogP contribution in [0.3, 0.4) is 0 Å². The highest BCUT2D eigenvalue weighted by atomic mass is 32.2. The molecule has 1 fully saturated rings. The Morgan fingerprint density at radius 2 is 1.90 bits per heavy atom. The summed E-state index contributed by atoms with van der Waals surface area (Å²) in [6, 6.07) is 5.53. The van der Waals surface area contributed by atoms with Gasteiger partial charge >= 0.3 is 0 Å². The van der Waals surface area contributed by atoms with Crippen LogP contribution in [0.15, 0.2) is 23.1 Å². The number of hydrogen-bond donors (Lipinski definition) is 1. The first kappa shape index (κ1) is 13.9. The molecule has 0 bridgehead atoms. The molecule has 0 radical (unpaired) electrons. The van der Waals surface area contributed by atoms with Crippen LogP contribution in [0.25, 0.3) is 0 Å². The van der Waals surface area contributed by atoms with E-state index < -0.39 is 10.0 Å². The molecule has 5 nitrogen and oxygen atoms in total. The first-order valence-corrected chi connectivity index (χ1v) is 8.65. The maximum Gasteiger partial charge on any atom is 0.243 e. The summed E-state index contributed by atoms with van der Waals surface area (Å²) in [5, 5.41) is 0. The molecule has 0 atom stereocenters. The van der Waals surface area contributed by atoms with Gasteiger partial charge in [0.05, 0.1) is 4.90 Å². The summed E-state index contributed by atoms with van der Waals surface area (Å²) in [5.41, 5.74) is 7.88. The minimum atomic E-state index is -3.32. The third-order valence-corrected chi connectivity index (χ3v) is 6.04. The minimum Gasteiger partial charge on any atom is -0.370 e. The molecule has 1 aromatic carbocycles. The molecular weight excluding hydrogens is 274 g/mol. The quantitative estimate of drug-likeness (QED) is 0.892. The molecule has 2 heterocycles. The highest BCUT2D eigenvalue weighted by molar-refractivity contribution is 7.89. The van der Waals surface area contributed by atoms with Crippen molar-refractivity contribution < 1.29 is 8.42 Å². The summed E-state index contributed by atoms with van der Waals surface area (Å²) in [6.45, 7) is 3.58. The molecule has 0 aromatic heterocycles. The Labute approximate surface area is 120 Å². The van der Waals surface area contributed by atoms with Gasteiger partial charge in [-0.1, -0.05) is 6.07 Å². The molecule has 0 spiro atoms. The summed E-state index contributed by atoms with van der Waals surface area (Å²) < 4.78 is 26.8. The largest absolute Gasteiger partial charge is 0.370 e. The van der Waals surface area contributed by atoms with E-state index in [9.17, 15) is 8.42 Å². The molecule has 3 rings (SSSR count). The lowest BCUT2D eigenvalue weighted by Gasteiger charge is -2.20. The normalized spacial score (nSPS) is 19.6. The highest BCUT2D eigenvalue weighted by Gasteiger charge is 2.29. The Morgan fingerprint density at radius 3 is 2.60 bits per heavy atom. The number of nitrogens with zero attached hydrogens (tertiary/aromatic N) is 2. The molecule has 0 aliphatic carbocycles. The summed E-state index contributed by atoms with van der Waals surface area (Å²) in [5.74, 6) is 0. The second kappa shape index (κ2) is 5.35. The van der Waals surface area contributed by atoms with Crippen molar-refractivity contribution in [2.75, 3.05) is 37.6 Å². The predicted octanol–water partition coefficient (Wildman–Crippen LogP) is 0.792. The van der Waals surface area contributed by atoms with Crippen LogP contribution in [0.5, 0.6) is 0 Å². The lowest BCUT2D eigenvalue weighted by atomic mass is 10.2. The lowest BCUT2D eigenvalue weighted by Crippen LogP contribution is -2.29. The number of benzene rings is 1. The molecule has 1 aromatic rings. The number of sulfonamides is 1. The maximum atomic E-state index is 12.6. The van der Waals surface area contributed by atoms with Gasteiger partial charge < -0.3 is 10.6 Å². The number of hydrogen-bond acceptors (Lipinski definition) is 4. The van der Waals surface area contributed by atoms with Crippen LogP contribution >= 0.6 is 0 Å². The van der Waals surface area contributed by atoms with Crippen LogP contribution in [0.2, 0.25) is 0 Å². The van der Waals surface area contributed by atoms with E-state index in [2.05, 4.69) is 4.90 Å². The van der Waals surface area contributed by atoms with Crippen LogP contribution in [-0.2, 0) is 16.4 Å². The van der Waals surface area contributed by atoms with E-state index in [1.807, 2.05) is 12.1 Å². The van der Waals surface area contributed by atoms with Crippen molar-refractivity contribution in [3.05, 3.63) is 23.8 Å². The lowest BCUT2D eigenvalue weighted by molar-refractivity contribution is 0.477. The Morgan fingerprint density at radius 1 is 1.15 bits per heavy atom. The minimum absolute atomic E-state index is 0.419. The molecule has 2 aliphatic heterocycles. The molecule has 2 aliphatic rings. The first-order chi connectivity index (χ1) is 9.63. The number of fused-ring (bicyclic) bond motifs is 1. The molecule has 0 amide bonds. The average Bonchev–Trinajstić information content (AvgIpc) is 3.08. The molecule has 2 N–H and O–H groups in total. The van der Waals surface area contributed by atoms with Crippen LogP contribution < -0.4 is 10.6 Å². The van der Waals surface area contributed by atoms with Crippen LogP contribution in [0, 0.1) is 0 Å². The van der Waals surface area contributed by atoms with E-state index >= 15 is 0 Å². The Hall–Kier alpha value is -1.11. The van der Waals surface area contributed by atoms with Gasteiger partial charge in [-0.05, 0) is 37.0 Å². The van der Waals surface area contributed by atoms with Gasteiger partial charge in [-0.15, -0.1) is 0 Å². The van der Waals surface area contributed by atoms with E-state index in [0.717, 1.165) is 38.0 Å². The van der Waals surface area contributed by atoms with Gasteiger partial charge in [0.25, 0.3) is 0 Å². The third kappa shape index (κ3) is 2.32. The highest BCUT2D eigenvalue weighted by Crippen LogP contribution is 2.31. The molecule has 0 unspecified atom stereocenters. The Balaban J connectivity index is 1.94. The molecule has 0 saturated carbocycles. The maximum absolute atomic E-state index is 12.6. The Kier molecular flexibility index (Phi) is 3.70. The zero-order valence-electron chi connectivity index (χ0n) is 11.6. The van der Waals surface area contributed by atoms with Gasteiger partial charge in [0.15, 0.2) is 0 Å². The summed E-state index contributed by atoms with van der Waals surface area (Å²) in [6.07, 6.45) is 2.90. The van der Waals surface area contributed by atoms with Gasteiger partial charge in [-0.25, -0.2) is 8.42 Å². The van der Waals surface area contributed by atoms with Gasteiger partial charge in [-0.2, -0.15) is 4.31 Å². The zero-order valence-corrected chi connectivity index (χ0v) is 12.4. The fraction of sp³-hybridized carbons (Fsp3) is 0.571. The van der Waals surface area contributed by atoms with Crippen molar-refractivity contribution >= 4 is 15.7 Å². The van der Waals surface area contributed by atoms with Crippen molar-refractivity contribution in [1.29, 1.82) is 0 Å². The van der Waals surface area contributed by atoms with E-state index in [1.165, 1.54) is 5.56 Å². The van der Waals surface area contributed by atoms with Crippen molar-refractivity contribution in [2.24, 2.45) is 5.73 Å². The van der Waals surface area contributed by atoms with Crippen molar-refractivity contribution in [3.63, 3.8) is 0 Å². The van der Waals surface area contributed by atoms with Gasteiger partial charge in [0, 0.05) is 38.4 Å². The molecule has 110 valence electrons. The second-order valence-corrected chi connectivity index (χ2v) is 7.37. The molecule has 1 saturated heterocycles. The Bertz CT molecular complexity index is 592. The van der Waals surface area contributed by atoms with E-state index in [0.29, 0.717) is 24.5 Å². The smallest absolute Gasteiger partial charge is 0.243 e. The monoisotopic (exact) mass is 295 g/mol. The van der Waals surface area contributed by atoms with Crippen molar-refractivity contribution in [2.45, 2.75) is 24.2 Å². The summed E-state index contributed by atoms with van der Waals surface area (Å²) >= 11 is 0. The zero-order chi connectivity index (χ0) is 14.2. The number of rotatable bonds is 4. The number of nitrogens with two attached hydrogens (primary N) is 1. The van der Waals surface area contributed by atoms with Gasteiger partial charge in [0.2, 0.25) is 10.0 Å². The topological polar surface area (TPSA) is 66.6 Å². The first-order valence-electron chi connectivity index (χ1n) is 7.21. The molecule has 20 heavy (non-hydrogen) atoms. The molecular formula is C14H21N3O2S. The van der Waals surface area contributed by atoms with E-state index in [4.69, 9.17) is 5.73 Å². The fourth-order valence-electron chi connectivity index (χ4n) is 3.05. The van der Waals surface area contributed by atoms with E-state index in [-0.39, 0.29) is 0 Å². The standard InChI is InChI=1S/C14H21N3O2S/c15-6-10-16-9-5-12-3-4-13(11-14(12)16)20(18,19)17-7-1-2-8-17/h3-4,11H,1-2,5-10,15H2. The van der Waals surface area contributed by atoms with Crippen molar-refractivity contribution in [1.82, 2.24) is 4.31 Å². The van der Waals surface area contributed by atoms with Crippen LogP contribution in [0.4, 0.5) is 5.69 Å². The van der Waals surface area contributed by atoms with Crippen LogP contribution in [-0.4, -0.2) is 45.4 Å². The van der Waals surface area contributed by atoms with E-state index in [1.54, 1.807) is 10.4 Å². The summed E-state index contributed by atoms with van der Waals surface area (Å²) in [4.78, 5) is 2.60. The van der Waals surface area contributed by atoms with Crippen LogP contribution in [0.1, 0.15) is 18.4 Å². The third-order valence-electron chi connectivity index (χ3n) is 4.15. The van der Waals surface area contributed by atoms with Gasteiger partial charge in [-0.3, -0.25) is 0 Å².